The van der Waals surface area contributed by atoms with E-state index in [2.05, 4.69) is 9.88 Å². The minimum atomic E-state index is -4.44. The number of benzene rings is 3. The van der Waals surface area contributed by atoms with Gasteiger partial charge < -0.3 is 19.1 Å². The Kier molecular flexibility index (Phi) is 7.87. The predicted molar refractivity (Wildman–Crippen MR) is 167 cm³/mol. The predicted octanol–water partition coefficient (Wildman–Crippen LogP) is 4.56. The number of nitrogens with zero attached hydrogens (tertiary/aromatic N) is 4. The second-order valence-corrected chi connectivity index (χ2v) is 12.6. The highest BCUT2D eigenvalue weighted by atomic mass is 35.5. The number of anilines is 2. The summed E-state index contributed by atoms with van der Waals surface area (Å²) >= 11 is 6.58. The number of para-hydroxylation sites is 1. The van der Waals surface area contributed by atoms with Gasteiger partial charge in [-0.3, -0.25) is 14.7 Å². The third-order valence-electron chi connectivity index (χ3n) is 8.23. The van der Waals surface area contributed by atoms with Crippen molar-refractivity contribution in [1.29, 1.82) is 0 Å². The van der Waals surface area contributed by atoms with Crippen LogP contribution in [0.2, 0.25) is 5.02 Å². The fourth-order valence-corrected chi connectivity index (χ4v) is 7.85. The molecule has 4 aromatic rings. The number of methoxy groups -OCH3 is 3. The number of carbonyl (C=O) groups excluding carboxylic acids is 1. The van der Waals surface area contributed by atoms with Gasteiger partial charge in [0.25, 0.3) is 15.9 Å². The first-order chi connectivity index (χ1) is 21.3. The molecule has 1 fully saturated rings. The van der Waals surface area contributed by atoms with Crippen LogP contribution in [0.3, 0.4) is 0 Å². The molecule has 0 N–H and O–H groups in total. The molecule has 0 aliphatic carbocycles. The number of aromatic nitrogens is 1. The summed E-state index contributed by atoms with van der Waals surface area (Å²) in [5, 5.41) is 0.372. The molecule has 228 valence electrons. The zero-order chi connectivity index (χ0) is 31.1. The standard InChI is InChI=1S/C32H31ClN4O6S/c1-41-28-7-5-4-6-25(28)32(36-18-16-35(17-19-36)23-12-14-34-15-13-23)26-20-22(33)8-10-27(26)37(31(32)38)44(39,40)24-9-11-29(42-2)30(21-24)43-3/h4-15,20-21H,16-19H2,1-3H3. The Bertz CT molecular complexity index is 1810. The number of hydrogen-bond acceptors (Lipinski definition) is 9. The van der Waals surface area contributed by atoms with Crippen LogP contribution in [0.25, 0.3) is 0 Å². The SMILES string of the molecule is COc1ccc(S(=O)(=O)N2C(=O)C(c3ccccc3OC)(N3CCN(c4ccncc4)CC3)c3cc(Cl)ccc32)cc1OC. The van der Waals surface area contributed by atoms with E-state index in [1.165, 1.54) is 39.5 Å². The largest absolute Gasteiger partial charge is 0.496 e. The maximum absolute atomic E-state index is 15.1. The molecule has 0 spiro atoms. The van der Waals surface area contributed by atoms with Gasteiger partial charge in [-0.2, -0.15) is 0 Å². The number of hydrogen-bond donors (Lipinski definition) is 0. The molecule has 10 nitrogen and oxygen atoms in total. The third kappa shape index (κ3) is 4.63. The van der Waals surface area contributed by atoms with Gasteiger partial charge in [0.15, 0.2) is 17.0 Å². The number of amides is 1. The van der Waals surface area contributed by atoms with Crippen LogP contribution in [0.15, 0.2) is 90.1 Å². The van der Waals surface area contributed by atoms with Gasteiger partial charge in [0, 0.05) is 66.5 Å². The summed E-state index contributed by atoms with van der Waals surface area (Å²) in [6, 6.07) is 20.2. The number of ether oxygens (including phenoxy) is 3. The van der Waals surface area contributed by atoms with E-state index in [0.29, 0.717) is 53.8 Å². The molecular formula is C32H31ClN4O6S. The minimum absolute atomic E-state index is 0.122. The summed E-state index contributed by atoms with van der Waals surface area (Å²) < 4.78 is 46.3. The van der Waals surface area contributed by atoms with Crippen molar-refractivity contribution in [3.05, 3.63) is 101 Å². The van der Waals surface area contributed by atoms with Crippen molar-refractivity contribution >= 4 is 38.9 Å². The number of carbonyl (C=O) groups is 1. The van der Waals surface area contributed by atoms with E-state index >= 15 is 4.79 Å². The topological polar surface area (TPSA) is 102 Å². The molecule has 3 aromatic carbocycles. The van der Waals surface area contributed by atoms with Gasteiger partial charge in [0.05, 0.1) is 31.9 Å². The lowest BCUT2D eigenvalue weighted by Gasteiger charge is -2.46. The summed E-state index contributed by atoms with van der Waals surface area (Å²) in [7, 11) is -0.0245. The molecule has 0 bridgehead atoms. The van der Waals surface area contributed by atoms with Crippen LogP contribution in [0, 0.1) is 0 Å². The molecule has 0 saturated carbocycles. The number of pyridine rings is 1. The molecular weight excluding hydrogens is 604 g/mol. The Morgan fingerprint density at radius 2 is 1.45 bits per heavy atom. The molecule has 1 saturated heterocycles. The van der Waals surface area contributed by atoms with Crippen LogP contribution in [-0.4, -0.2) is 71.7 Å². The number of piperazine rings is 1. The summed E-state index contributed by atoms with van der Waals surface area (Å²) in [6.07, 6.45) is 3.49. The van der Waals surface area contributed by atoms with Crippen LogP contribution in [0.4, 0.5) is 11.4 Å². The van der Waals surface area contributed by atoms with Crippen LogP contribution in [0.1, 0.15) is 11.1 Å². The maximum Gasteiger partial charge on any atom is 0.271 e. The van der Waals surface area contributed by atoms with Crippen LogP contribution in [-0.2, 0) is 20.4 Å². The number of halogens is 1. The summed E-state index contributed by atoms with van der Waals surface area (Å²) in [4.78, 5) is 23.4. The molecule has 2 aliphatic rings. The molecule has 12 heteroatoms. The first-order valence-electron chi connectivity index (χ1n) is 13.9. The summed E-state index contributed by atoms with van der Waals surface area (Å²) in [5.41, 5.74) is 0.668. The Morgan fingerprint density at radius 3 is 2.14 bits per heavy atom. The van der Waals surface area contributed by atoms with E-state index in [1.807, 2.05) is 35.2 Å². The van der Waals surface area contributed by atoms with Crippen LogP contribution in [0.5, 0.6) is 17.2 Å². The van der Waals surface area contributed by atoms with E-state index in [9.17, 15) is 8.42 Å². The van der Waals surface area contributed by atoms with Gasteiger partial charge in [-0.05, 0) is 48.5 Å². The minimum Gasteiger partial charge on any atom is -0.496 e. The molecule has 1 atom stereocenters. The fourth-order valence-electron chi connectivity index (χ4n) is 6.20. The van der Waals surface area contributed by atoms with Gasteiger partial charge >= 0.3 is 0 Å². The van der Waals surface area contributed by atoms with Crippen molar-refractivity contribution in [2.45, 2.75) is 10.4 Å². The normalized spacial score (nSPS) is 18.7. The molecule has 1 amide bonds. The van der Waals surface area contributed by atoms with E-state index in [-0.39, 0.29) is 16.3 Å². The average Bonchev–Trinajstić information content (AvgIpc) is 3.32. The van der Waals surface area contributed by atoms with Crippen LogP contribution < -0.4 is 23.4 Å². The number of sulfonamides is 1. The first-order valence-corrected chi connectivity index (χ1v) is 15.7. The van der Waals surface area contributed by atoms with Gasteiger partial charge in [0.1, 0.15) is 5.75 Å². The van der Waals surface area contributed by atoms with Crippen molar-refractivity contribution in [2.24, 2.45) is 0 Å². The zero-order valence-corrected chi connectivity index (χ0v) is 26.0. The van der Waals surface area contributed by atoms with Gasteiger partial charge in [-0.25, -0.2) is 12.7 Å². The monoisotopic (exact) mass is 634 g/mol. The lowest BCUT2D eigenvalue weighted by molar-refractivity contribution is -0.127. The summed E-state index contributed by atoms with van der Waals surface area (Å²) in [6.45, 7) is 2.07. The zero-order valence-electron chi connectivity index (χ0n) is 24.4. The van der Waals surface area contributed by atoms with Crippen molar-refractivity contribution in [2.75, 3.05) is 56.7 Å². The quantitative estimate of drug-likeness (QED) is 0.276. The van der Waals surface area contributed by atoms with Crippen molar-refractivity contribution < 1.29 is 27.4 Å². The van der Waals surface area contributed by atoms with Crippen LogP contribution >= 0.6 is 11.6 Å². The highest BCUT2D eigenvalue weighted by Crippen LogP contribution is 2.53. The lowest BCUT2D eigenvalue weighted by atomic mass is 9.81. The van der Waals surface area contributed by atoms with E-state index < -0.39 is 21.5 Å². The number of rotatable bonds is 8. The average molecular weight is 635 g/mol. The number of fused-ring (bicyclic) bond motifs is 1. The second kappa shape index (κ2) is 11.6. The Morgan fingerprint density at radius 1 is 0.773 bits per heavy atom. The first kappa shape index (κ1) is 29.7. The van der Waals surface area contributed by atoms with E-state index in [1.54, 1.807) is 36.7 Å². The molecule has 2 aliphatic heterocycles. The van der Waals surface area contributed by atoms with Gasteiger partial charge in [-0.1, -0.05) is 29.8 Å². The second-order valence-electron chi connectivity index (χ2n) is 10.3. The van der Waals surface area contributed by atoms with Gasteiger partial charge in [0.2, 0.25) is 0 Å². The maximum atomic E-state index is 15.1. The third-order valence-corrected chi connectivity index (χ3v) is 10.2. The van der Waals surface area contributed by atoms with Crippen molar-refractivity contribution in [3.8, 4) is 17.2 Å². The highest BCUT2D eigenvalue weighted by Gasteiger charge is 2.60. The molecule has 1 aromatic heterocycles. The Balaban J connectivity index is 1.54. The molecule has 6 rings (SSSR count). The Hall–Kier alpha value is -4.32. The highest BCUT2D eigenvalue weighted by molar-refractivity contribution is 7.93. The van der Waals surface area contributed by atoms with E-state index in [0.717, 1.165) is 9.99 Å². The molecule has 44 heavy (non-hydrogen) atoms. The molecule has 0 radical (unpaired) electrons. The Labute approximate surface area is 261 Å². The van der Waals surface area contributed by atoms with Crippen molar-refractivity contribution in [3.63, 3.8) is 0 Å². The smallest absolute Gasteiger partial charge is 0.271 e. The molecule has 3 heterocycles. The fraction of sp³-hybridized carbons (Fsp3) is 0.250. The molecule has 1 unspecified atom stereocenters. The van der Waals surface area contributed by atoms with Gasteiger partial charge in [-0.15, -0.1) is 0 Å². The van der Waals surface area contributed by atoms with Crippen molar-refractivity contribution in [1.82, 2.24) is 9.88 Å². The van der Waals surface area contributed by atoms with E-state index in [4.69, 9.17) is 25.8 Å². The summed E-state index contributed by atoms with van der Waals surface area (Å²) in [5.74, 6) is 0.390. The lowest BCUT2D eigenvalue weighted by Crippen LogP contribution is -2.60.